The molecular weight excluding hydrogens is 862 g/mol. The quantitative estimate of drug-likeness (QED) is 0.0763. The Hall–Kier alpha value is -6.60. The number of phenolic OH excluding ortho intramolecular Hbond substituents is 1. The molecule has 320 valence electrons. The molecule has 3 aromatic carbocycles. The molecule has 0 spiro atoms. The highest BCUT2D eigenvalue weighted by Crippen LogP contribution is 2.65. The van der Waals surface area contributed by atoms with Crippen LogP contribution in [0, 0.1) is 50.8 Å². The van der Waals surface area contributed by atoms with Crippen LogP contribution in [0.25, 0.3) is 0 Å². The van der Waals surface area contributed by atoms with Crippen LogP contribution in [0.5, 0.6) is 5.75 Å². The Morgan fingerprint density at radius 3 is 2.16 bits per heavy atom. The lowest BCUT2D eigenvalue weighted by atomic mass is 9.49. The van der Waals surface area contributed by atoms with E-state index in [-0.39, 0.29) is 40.4 Å². The molecule has 0 radical (unpaired) electrons. The number of hydrazine groups is 1. The number of carbonyl (C=O) groups is 4. The highest BCUT2D eigenvalue weighted by Gasteiger charge is 2.71. The van der Waals surface area contributed by atoms with Gasteiger partial charge in [-0.3, -0.25) is 44.8 Å². The number of aromatic hydroxyl groups is 1. The number of anilines is 3. The first-order chi connectivity index (χ1) is 29.2. The second kappa shape index (κ2) is 14.8. The third kappa shape index (κ3) is 6.23. The summed E-state index contributed by atoms with van der Waals surface area (Å²) in [5, 5.41) is 36.6. The van der Waals surface area contributed by atoms with Crippen molar-refractivity contribution in [3.63, 3.8) is 0 Å². The van der Waals surface area contributed by atoms with Crippen molar-refractivity contribution in [1.29, 1.82) is 0 Å². The summed E-state index contributed by atoms with van der Waals surface area (Å²) in [6.07, 6.45) is -3.07. The average Bonchev–Trinajstić information content (AvgIpc) is 3.59. The van der Waals surface area contributed by atoms with Gasteiger partial charge in [0.15, 0.2) is 11.5 Å². The Labute approximate surface area is 358 Å². The first kappa shape index (κ1) is 42.1. The van der Waals surface area contributed by atoms with Crippen LogP contribution in [0.2, 0.25) is 10.0 Å². The van der Waals surface area contributed by atoms with Gasteiger partial charge < -0.3 is 10.0 Å². The highest BCUT2D eigenvalue weighted by molar-refractivity contribution is 6.33. The first-order valence-electron chi connectivity index (χ1n) is 18.8. The summed E-state index contributed by atoms with van der Waals surface area (Å²) in [7, 11) is 2.72. The molecule has 2 aliphatic heterocycles. The minimum absolute atomic E-state index is 0.114. The summed E-state index contributed by atoms with van der Waals surface area (Å²) < 4.78 is 40.6. The van der Waals surface area contributed by atoms with E-state index in [0.29, 0.717) is 33.3 Å². The second-order valence-corrected chi connectivity index (χ2v) is 16.5. The molecule has 4 amide bonds. The number of allylic oxidation sites excluding steroid dienone is 2. The minimum Gasteiger partial charge on any atom is -0.507 e. The number of rotatable bonds is 8. The normalized spacial score (nSPS) is 24.4. The van der Waals surface area contributed by atoms with Crippen LogP contribution in [0.15, 0.2) is 78.5 Å². The number of phenols is 1. The van der Waals surface area contributed by atoms with Crippen LogP contribution in [0.4, 0.5) is 41.7 Å². The smallest absolute Gasteiger partial charge is 0.417 e. The SMILES string of the molecule is Cc1cccc(C2C3=CCC4C(=O)N(c5cc([N+](=O)[O-])c(N(C)C)c([N+](=O)[O-])c5)C(=O)C4C3CC3C(=O)N(Nc4ncc(C(F)(F)F)cc4Cl)C(=O)C32c2ccc(Cl)cc2)c1O. The second-order valence-electron chi connectivity index (χ2n) is 15.7. The molecule has 4 aromatic rings. The highest BCUT2D eigenvalue weighted by atomic mass is 35.5. The molecule has 4 aliphatic rings. The van der Waals surface area contributed by atoms with Gasteiger partial charge >= 0.3 is 17.6 Å². The Morgan fingerprint density at radius 1 is 0.935 bits per heavy atom. The third-order valence-electron chi connectivity index (χ3n) is 12.3. The summed E-state index contributed by atoms with van der Waals surface area (Å²) in [5.41, 5.74) is -1.65. The molecule has 21 heteroatoms. The van der Waals surface area contributed by atoms with Gasteiger partial charge in [-0.25, -0.2) is 9.88 Å². The summed E-state index contributed by atoms with van der Waals surface area (Å²) in [5.74, 6) is -10.2. The van der Waals surface area contributed by atoms with Crippen molar-refractivity contribution in [2.24, 2.45) is 23.7 Å². The Morgan fingerprint density at radius 2 is 1.58 bits per heavy atom. The van der Waals surface area contributed by atoms with Gasteiger partial charge in [-0.1, -0.05) is 65.2 Å². The minimum atomic E-state index is -4.82. The van der Waals surface area contributed by atoms with Gasteiger partial charge in [-0.15, -0.1) is 0 Å². The molecule has 1 saturated carbocycles. The standard InChI is InChI=1S/C41H32Cl2F3N7O9/c1-18-5-4-6-25(34(18)54)32-23-11-12-24-31(38(57)50(36(24)55)22-14-29(52(59)60)33(49(2)3)30(15-22)53(61)62)26(23)16-27-37(56)51(39(58)40(27,32)19-7-9-21(42)10-8-19)48-35-28(43)13-20(17-47-35)41(44,45)46/h4-11,13-15,17,24,26-27,31-32,54H,12,16H2,1-3H3,(H,47,48). The Kier molecular flexibility index (Phi) is 10.0. The molecule has 2 N–H and O–H groups in total. The lowest BCUT2D eigenvalue weighted by Gasteiger charge is -2.50. The fourth-order valence-electron chi connectivity index (χ4n) is 9.75. The van der Waals surface area contributed by atoms with Crippen LogP contribution in [-0.2, 0) is 30.8 Å². The number of imide groups is 2. The number of amides is 4. The van der Waals surface area contributed by atoms with Crippen LogP contribution in [0.3, 0.4) is 0 Å². The largest absolute Gasteiger partial charge is 0.507 e. The number of aromatic nitrogens is 1. The van der Waals surface area contributed by atoms with E-state index < -0.39 is 108 Å². The van der Waals surface area contributed by atoms with Crippen LogP contribution >= 0.6 is 23.2 Å². The van der Waals surface area contributed by atoms with Crippen molar-refractivity contribution in [1.82, 2.24) is 9.99 Å². The van der Waals surface area contributed by atoms with E-state index >= 15 is 4.79 Å². The number of hydrogen-bond donors (Lipinski definition) is 2. The molecule has 62 heavy (non-hydrogen) atoms. The van der Waals surface area contributed by atoms with E-state index in [1.807, 2.05) is 0 Å². The lowest BCUT2D eigenvalue weighted by molar-refractivity contribution is -0.392. The molecule has 2 aliphatic carbocycles. The molecule has 2 saturated heterocycles. The fourth-order valence-corrected chi connectivity index (χ4v) is 10.1. The van der Waals surface area contributed by atoms with E-state index in [9.17, 15) is 52.9 Å². The zero-order valence-corrected chi connectivity index (χ0v) is 34.0. The number of nitro groups is 2. The molecule has 8 rings (SSSR count). The van der Waals surface area contributed by atoms with Gasteiger partial charge in [0.2, 0.25) is 11.8 Å². The van der Waals surface area contributed by atoms with Crippen molar-refractivity contribution >= 4 is 75.4 Å². The lowest BCUT2D eigenvalue weighted by Crippen LogP contribution is -2.53. The van der Waals surface area contributed by atoms with Crippen molar-refractivity contribution in [3.8, 4) is 5.75 Å². The number of halogens is 5. The number of carbonyl (C=O) groups excluding carboxylic acids is 4. The zero-order valence-electron chi connectivity index (χ0n) is 32.5. The average molecular weight is 895 g/mol. The molecule has 3 fully saturated rings. The van der Waals surface area contributed by atoms with Crippen LogP contribution in [0.1, 0.15) is 41.0 Å². The van der Waals surface area contributed by atoms with Gasteiger partial charge in [-0.05, 0) is 55.0 Å². The van der Waals surface area contributed by atoms with E-state index in [1.165, 1.54) is 43.3 Å². The predicted molar refractivity (Wildman–Crippen MR) is 216 cm³/mol. The Balaban J connectivity index is 1.31. The molecule has 0 bridgehead atoms. The molecule has 6 atom stereocenters. The topological polar surface area (TPSA) is 209 Å². The monoisotopic (exact) mass is 893 g/mol. The van der Waals surface area contributed by atoms with Gasteiger partial charge in [0, 0.05) is 48.9 Å². The van der Waals surface area contributed by atoms with E-state index in [1.54, 1.807) is 31.2 Å². The summed E-state index contributed by atoms with van der Waals surface area (Å²) in [6.45, 7) is 1.61. The molecular formula is C41H32Cl2F3N7O9. The van der Waals surface area contributed by atoms with Crippen LogP contribution < -0.4 is 15.2 Å². The van der Waals surface area contributed by atoms with Crippen molar-refractivity contribution in [3.05, 3.63) is 131 Å². The number of aryl methyl sites for hydroxylation is 1. The summed E-state index contributed by atoms with van der Waals surface area (Å²) in [4.78, 5) is 87.8. The Bertz CT molecular complexity index is 2660. The number of hydrogen-bond acceptors (Lipinski definition) is 12. The molecule has 16 nitrogen and oxygen atoms in total. The number of nitrogens with zero attached hydrogens (tertiary/aromatic N) is 6. The predicted octanol–water partition coefficient (Wildman–Crippen LogP) is 7.49. The fraction of sp³-hybridized carbons (Fsp3) is 0.293. The number of alkyl halides is 3. The van der Waals surface area contributed by atoms with Crippen molar-refractivity contribution in [2.45, 2.75) is 37.3 Å². The van der Waals surface area contributed by atoms with E-state index in [0.717, 1.165) is 12.1 Å². The van der Waals surface area contributed by atoms with Crippen molar-refractivity contribution in [2.75, 3.05) is 29.3 Å². The van der Waals surface area contributed by atoms with Gasteiger partial charge in [0.1, 0.15) is 5.75 Å². The molecule has 6 unspecified atom stereocenters. The number of pyridine rings is 1. The van der Waals surface area contributed by atoms with E-state index in [4.69, 9.17) is 23.2 Å². The van der Waals surface area contributed by atoms with Gasteiger partial charge in [0.25, 0.3) is 11.8 Å². The van der Waals surface area contributed by atoms with Gasteiger partial charge in [0.05, 0.1) is 49.3 Å². The number of para-hydroxylation sites is 1. The summed E-state index contributed by atoms with van der Waals surface area (Å²) in [6, 6.07) is 13.2. The third-order valence-corrected chi connectivity index (χ3v) is 12.8. The number of benzene rings is 3. The van der Waals surface area contributed by atoms with Crippen LogP contribution in [-0.4, -0.2) is 62.7 Å². The molecule has 3 heterocycles. The molecule has 1 aromatic heterocycles. The van der Waals surface area contributed by atoms with Gasteiger partial charge in [-0.2, -0.15) is 18.2 Å². The van der Waals surface area contributed by atoms with Crippen molar-refractivity contribution < 1.29 is 47.3 Å². The maximum atomic E-state index is 15.4. The maximum absolute atomic E-state index is 15.4. The first-order valence-corrected chi connectivity index (χ1v) is 19.6. The maximum Gasteiger partial charge on any atom is 0.417 e. The number of nitro benzene ring substituents is 2. The number of nitrogens with one attached hydrogen (secondary N) is 1. The van der Waals surface area contributed by atoms with E-state index in [2.05, 4.69) is 10.4 Å². The zero-order chi connectivity index (χ0) is 44.9. The number of fused-ring (bicyclic) bond motifs is 4. The summed E-state index contributed by atoms with van der Waals surface area (Å²) >= 11 is 12.6.